The summed E-state index contributed by atoms with van der Waals surface area (Å²) in [5.41, 5.74) is 6.11. The molecule has 1 unspecified atom stereocenters. The van der Waals surface area contributed by atoms with Gasteiger partial charge in [0, 0.05) is 5.56 Å². The molecule has 0 bridgehead atoms. The number of hydrogen-bond donors (Lipinski definition) is 2. The summed E-state index contributed by atoms with van der Waals surface area (Å²) in [6.07, 6.45) is 0.662. The van der Waals surface area contributed by atoms with E-state index in [-0.39, 0.29) is 11.3 Å². The van der Waals surface area contributed by atoms with Crippen molar-refractivity contribution in [2.24, 2.45) is 5.73 Å². The van der Waals surface area contributed by atoms with Crippen LogP contribution in [0.1, 0.15) is 38.8 Å². The molecule has 3 heteroatoms. The van der Waals surface area contributed by atoms with Gasteiger partial charge in [0.1, 0.15) is 5.75 Å². The lowest BCUT2D eigenvalue weighted by atomic mass is 10.0. The van der Waals surface area contributed by atoms with E-state index < -0.39 is 5.79 Å². The summed E-state index contributed by atoms with van der Waals surface area (Å²) in [5, 5.41) is 9.60. The van der Waals surface area contributed by atoms with Crippen LogP contribution in [0.2, 0.25) is 0 Å². The summed E-state index contributed by atoms with van der Waals surface area (Å²) >= 11 is 0. The van der Waals surface area contributed by atoms with Crippen LogP contribution in [-0.2, 0) is 12.2 Å². The van der Waals surface area contributed by atoms with Gasteiger partial charge < -0.3 is 5.11 Å². The Labute approximate surface area is 90.9 Å². The van der Waals surface area contributed by atoms with E-state index in [4.69, 9.17) is 5.73 Å². The molecule has 0 aliphatic carbocycles. The third kappa shape index (κ3) is 3.51. The molecule has 0 amide bonds. The second-order valence-corrected chi connectivity index (χ2v) is 3.24. The molecule has 1 aromatic rings. The van der Waals surface area contributed by atoms with Crippen molar-refractivity contribution in [3.05, 3.63) is 29.3 Å². The summed E-state index contributed by atoms with van der Waals surface area (Å²) < 4.78 is 13.3. The molecule has 0 aromatic heterocycles. The van der Waals surface area contributed by atoms with Crippen molar-refractivity contribution in [3.63, 3.8) is 0 Å². The highest BCUT2D eigenvalue weighted by Gasteiger charge is 2.23. The first-order valence-electron chi connectivity index (χ1n) is 5.26. The third-order valence-corrected chi connectivity index (χ3v) is 2.03. The lowest BCUT2D eigenvalue weighted by Crippen LogP contribution is -2.27. The van der Waals surface area contributed by atoms with E-state index in [1.807, 2.05) is 20.8 Å². The topological polar surface area (TPSA) is 46.2 Å². The quantitative estimate of drug-likeness (QED) is 0.741. The van der Waals surface area contributed by atoms with Gasteiger partial charge in [-0.15, -0.1) is 0 Å². The average Bonchev–Trinajstić information content (AvgIpc) is 2.19. The molecule has 0 saturated heterocycles. The van der Waals surface area contributed by atoms with Gasteiger partial charge in [-0.05, 0) is 18.9 Å². The minimum absolute atomic E-state index is 0.0301. The number of phenolic OH excluding ortho intramolecular Hbond substituents is 1. The van der Waals surface area contributed by atoms with Crippen LogP contribution < -0.4 is 5.73 Å². The van der Waals surface area contributed by atoms with Crippen molar-refractivity contribution in [2.45, 2.75) is 39.9 Å². The van der Waals surface area contributed by atoms with E-state index >= 15 is 0 Å². The highest BCUT2D eigenvalue weighted by atomic mass is 19.1. The molecule has 0 radical (unpaired) electrons. The zero-order valence-corrected chi connectivity index (χ0v) is 9.84. The molecule has 15 heavy (non-hydrogen) atoms. The van der Waals surface area contributed by atoms with E-state index in [2.05, 4.69) is 0 Å². The van der Waals surface area contributed by atoms with Crippen LogP contribution in [0.5, 0.6) is 5.75 Å². The van der Waals surface area contributed by atoms with Crippen molar-refractivity contribution in [1.29, 1.82) is 0 Å². The summed E-state index contributed by atoms with van der Waals surface area (Å²) in [5.74, 6) is -2.01. The van der Waals surface area contributed by atoms with Crippen LogP contribution in [0, 0.1) is 0 Å². The number of alkyl halides is 1. The first-order chi connectivity index (χ1) is 6.96. The fourth-order valence-electron chi connectivity index (χ4n) is 1.27. The smallest absolute Gasteiger partial charge is 0.185 e. The molecule has 3 N–H and O–H groups in total. The van der Waals surface area contributed by atoms with Crippen molar-refractivity contribution < 1.29 is 9.50 Å². The zero-order chi connectivity index (χ0) is 12.1. The zero-order valence-electron chi connectivity index (χ0n) is 9.84. The van der Waals surface area contributed by atoms with Crippen molar-refractivity contribution in [1.82, 2.24) is 0 Å². The van der Waals surface area contributed by atoms with Gasteiger partial charge in [0.05, 0.1) is 0 Å². The number of aromatic hydroxyl groups is 1. The maximum atomic E-state index is 13.3. The molecule has 2 nitrogen and oxygen atoms in total. The Morgan fingerprint density at radius 3 is 2.33 bits per heavy atom. The van der Waals surface area contributed by atoms with Crippen LogP contribution in [0.15, 0.2) is 18.2 Å². The van der Waals surface area contributed by atoms with Crippen molar-refractivity contribution >= 4 is 0 Å². The number of aryl methyl sites for hydroxylation is 1. The van der Waals surface area contributed by atoms with Gasteiger partial charge in [-0.25, -0.2) is 4.39 Å². The maximum Gasteiger partial charge on any atom is 0.185 e. The highest BCUT2D eigenvalue weighted by Crippen LogP contribution is 2.31. The lowest BCUT2D eigenvalue weighted by Gasteiger charge is -2.17. The summed E-state index contributed by atoms with van der Waals surface area (Å²) in [7, 11) is 0. The number of halogens is 1. The Balaban J connectivity index is 0.000000921. The highest BCUT2D eigenvalue weighted by molar-refractivity contribution is 5.42. The molecule has 0 aliphatic heterocycles. The monoisotopic (exact) mass is 213 g/mol. The number of nitrogens with two attached hydrogens (primary N) is 1. The Morgan fingerprint density at radius 2 is 1.93 bits per heavy atom. The predicted molar refractivity (Wildman–Crippen MR) is 61.5 cm³/mol. The van der Waals surface area contributed by atoms with Crippen molar-refractivity contribution in [3.8, 4) is 5.75 Å². The van der Waals surface area contributed by atoms with E-state index in [1.54, 1.807) is 12.1 Å². The number of phenols is 1. The fourth-order valence-corrected chi connectivity index (χ4v) is 1.27. The standard InChI is InChI=1S/C10H14FNO.C2H6/c1-3-7-5-4-6-8(9(7)13)10(2,11)12;1-2/h4-6,13H,3,12H2,1-2H3;1-2H3. The molecule has 1 aromatic carbocycles. The lowest BCUT2D eigenvalue weighted by molar-refractivity contribution is 0.196. The second kappa shape index (κ2) is 5.71. The largest absolute Gasteiger partial charge is 0.507 e. The van der Waals surface area contributed by atoms with Crippen LogP contribution >= 0.6 is 0 Å². The summed E-state index contributed by atoms with van der Waals surface area (Å²) in [4.78, 5) is 0. The molecule has 0 heterocycles. The van der Waals surface area contributed by atoms with Gasteiger partial charge in [0.25, 0.3) is 0 Å². The number of hydrogen-bond acceptors (Lipinski definition) is 2. The van der Waals surface area contributed by atoms with Crippen LogP contribution in [0.4, 0.5) is 4.39 Å². The molecule has 0 aliphatic rings. The van der Waals surface area contributed by atoms with Crippen molar-refractivity contribution in [2.75, 3.05) is 0 Å². The van der Waals surface area contributed by atoms with E-state index in [0.717, 1.165) is 0 Å². The number of para-hydroxylation sites is 1. The first kappa shape index (κ1) is 13.9. The molecule has 1 rings (SSSR count). The normalized spacial score (nSPS) is 13.7. The first-order valence-corrected chi connectivity index (χ1v) is 5.26. The molecule has 1 atom stereocenters. The Kier molecular flexibility index (Phi) is 5.29. The van der Waals surface area contributed by atoms with E-state index in [1.165, 1.54) is 13.0 Å². The average molecular weight is 213 g/mol. The Morgan fingerprint density at radius 1 is 1.40 bits per heavy atom. The fraction of sp³-hybridized carbons (Fsp3) is 0.500. The molecule has 86 valence electrons. The van der Waals surface area contributed by atoms with E-state index in [0.29, 0.717) is 12.0 Å². The van der Waals surface area contributed by atoms with Gasteiger partial charge >= 0.3 is 0 Å². The van der Waals surface area contributed by atoms with Crippen LogP contribution in [0.25, 0.3) is 0 Å². The summed E-state index contributed by atoms with van der Waals surface area (Å²) in [6, 6.07) is 4.94. The van der Waals surface area contributed by atoms with Gasteiger partial charge in [-0.3, -0.25) is 5.73 Å². The summed E-state index contributed by atoms with van der Waals surface area (Å²) in [6.45, 7) is 7.12. The molecular formula is C12H20FNO. The van der Waals surface area contributed by atoms with E-state index in [9.17, 15) is 9.50 Å². The van der Waals surface area contributed by atoms with Gasteiger partial charge in [-0.2, -0.15) is 0 Å². The number of rotatable bonds is 2. The molecular weight excluding hydrogens is 193 g/mol. The Hall–Kier alpha value is -1.09. The minimum atomic E-state index is -1.98. The number of benzene rings is 1. The predicted octanol–water partition coefficient (Wildman–Crippen LogP) is 3.08. The van der Waals surface area contributed by atoms with Gasteiger partial charge in [0.2, 0.25) is 0 Å². The Bertz CT molecular complexity index is 305. The SMILES string of the molecule is CC.CCc1cccc(C(C)(N)F)c1O. The molecule has 0 spiro atoms. The minimum Gasteiger partial charge on any atom is -0.507 e. The maximum absolute atomic E-state index is 13.3. The second-order valence-electron chi connectivity index (χ2n) is 3.24. The van der Waals surface area contributed by atoms with Gasteiger partial charge in [0.15, 0.2) is 5.79 Å². The molecule has 0 saturated carbocycles. The van der Waals surface area contributed by atoms with Crippen LogP contribution in [0.3, 0.4) is 0 Å². The van der Waals surface area contributed by atoms with Gasteiger partial charge in [-0.1, -0.05) is 39.0 Å². The van der Waals surface area contributed by atoms with Crippen LogP contribution in [-0.4, -0.2) is 5.11 Å². The third-order valence-electron chi connectivity index (χ3n) is 2.03. The molecule has 0 fully saturated rings.